The van der Waals surface area contributed by atoms with Gasteiger partial charge in [0.2, 0.25) is 5.75 Å². The molecular formula is C18H24O5. The molecule has 23 heavy (non-hydrogen) atoms. The van der Waals surface area contributed by atoms with E-state index >= 15 is 0 Å². The topological polar surface area (TPSA) is 65.0 Å². The highest BCUT2D eigenvalue weighted by Gasteiger charge is 2.34. The van der Waals surface area contributed by atoms with Crippen molar-refractivity contribution in [1.29, 1.82) is 0 Å². The first-order chi connectivity index (χ1) is 10.9. The van der Waals surface area contributed by atoms with E-state index in [9.17, 15) is 9.90 Å². The number of carbonyl (C=O) groups is 1. The fourth-order valence-corrected chi connectivity index (χ4v) is 3.22. The largest absolute Gasteiger partial charge is 0.493 e. The fourth-order valence-electron chi connectivity index (χ4n) is 3.22. The lowest BCUT2D eigenvalue weighted by atomic mass is 9.73. The van der Waals surface area contributed by atoms with Gasteiger partial charge in [0.1, 0.15) is 0 Å². The highest BCUT2D eigenvalue weighted by molar-refractivity contribution is 5.73. The van der Waals surface area contributed by atoms with Crippen molar-refractivity contribution in [2.45, 2.75) is 32.6 Å². The molecule has 0 aromatic heterocycles. The summed E-state index contributed by atoms with van der Waals surface area (Å²) in [5.41, 5.74) is 3.32. The van der Waals surface area contributed by atoms with E-state index in [2.05, 4.69) is 6.92 Å². The first-order valence-corrected chi connectivity index (χ1v) is 7.60. The van der Waals surface area contributed by atoms with Crippen molar-refractivity contribution >= 4 is 5.97 Å². The predicted molar refractivity (Wildman–Crippen MR) is 87.6 cm³/mol. The number of hydrogen-bond donors (Lipinski definition) is 1. The van der Waals surface area contributed by atoms with Crippen molar-refractivity contribution < 1.29 is 24.1 Å². The number of aliphatic carboxylic acids is 1. The van der Waals surface area contributed by atoms with Crippen molar-refractivity contribution in [3.05, 3.63) is 28.8 Å². The Morgan fingerprint density at radius 1 is 1.00 bits per heavy atom. The van der Waals surface area contributed by atoms with E-state index in [1.807, 2.05) is 19.1 Å². The summed E-state index contributed by atoms with van der Waals surface area (Å²) in [7, 11) is 4.68. The molecule has 0 fully saturated rings. The van der Waals surface area contributed by atoms with Crippen LogP contribution >= 0.6 is 0 Å². The van der Waals surface area contributed by atoms with Gasteiger partial charge in [-0.15, -0.1) is 0 Å². The maximum atomic E-state index is 11.7. The lowest BCUT2D eigenvalue weighted by Gasteiger charge is -2.31. The normalized spacial score (nSPS) is 21.1. The number of carboxylic acid groups (broad SMARTS) is 1. The number of allylic oxidation sites excluding steroid dienone is 2. The second-order valence-corrected chi connectivity index (χ2v) is 5.98. The molecule has 2 rings (SSSR count). The van der Waals surface area contributed by atoms with E-state index in [4.69, 9.17) is 14.2 Å². The number of methoxy groups -OCH3 is 3. The monoisotopic (exact) mass is 320 g/mol. The molecule has 0 aliphatic heterocycles. The fraction of sp³-hybridized carbons (Fsp3) is 0.500. The van der Waals surface area contributed by atoms with Gasteiger partial charge in [-0.25, -0.2) is 0 Å². The predicted octanol–water partition coefficient (Wildman–Crippen LogP) is 3.63. The lowest BCUT2D eigenvalue weighted by Crippen LogP contribution is -2.26. The van der Waals surface area contributed by atoms with E-state index in [0.717, 1.165) is 12.0 Å². The van der Waals surface area contributed by atoms with Crippen molar-refractivity contribution in [1.82, 2.24) is 0 Å². The van der Waals surface area contributed by atoms with Crippen LogP contribution in [0.5, 0.6) is 17.2 Å². The van der Waals surface area contributed by atoms with E-state index in [0.29, 0.717) is 23.7 Å². The summed E-state index contributed by atoms with van der Waals surface area (Å²) in [5.74, 6) is 0.303. The molecule has 1 N–H and O–H groups in total. The minimum Gasteiger partial charge on any atom is -0.493 e. The summed E-state index contributed by atoms with van der Waals surface area (Å²) in [5, 5.41) is 9.62. The van der Waals surface area contributed by atoms with Crippen LogP contribution < -0.4 is 14.2 Å². The lowest BCUT2D eigenvalue weighted by molar-refractivity contribution is -0.142. The van der Waals surface area contributed by atoms with Crippen LogP contribution in [-0.2, 0) is 4.79 Å². The van der Waals surface area contributed by atoms with Crippen molar-refractivity contribution in [2.24, 2.45) is 5.92 Å². The van der Waals surface area contributed by atoms with Crippen LogP contribution in [0.4, 0.5) is 0 Å². The third-order valence-corrected chi connectivity index (χ3v) is 4.70. The second kappa shape index (κ2) is 6.94. The Hall–Kier alpha value is -2.17. The van der Waals surface area contributed by atoms with Gasteiger partial charge in [-0.2, -0.15) is 0 Å². The number of hydrogen-bond acceptors (Lipinski definition) is 4. The number of carboxylic acids is 1. The third kappa shape index (κ3) is 3.28. The van der Waals surface area contributed by atoms with Crippen LogP contribution in [0.2, 0.25) is 0 Å². The van der Waals surface area contributed by atoms with E-state index < -0.39 is 11.9 Å². The summed E-state index contributed by atoms with van der Waals surface area (Å²) in [6.45, 7) is 4.08. The first kappa shape index (κ1) is 17.2. The maximum absolute atomic E-state index is 11.7. The highest BCUT2D eigenvalue weighted by Crippen LogP contribution is 2.46. The maximum Gasteiger partial charge on any atom is 0.307 e. The Morgan fingerprint density at radius 3 is 1.96 bits per heavy atom. The van der Waals surface area contributed by atoms with E-state index in [-0.39, 0.29) is 5.92 Å². The molecule has 1 aromatic carbocycles. The highest BCUT2D eigenvalue weighted by atomic mass is 16.5. The Morgan fingerprint density at radius 2 is 1.52 bits per heavy atom. The Balaban J connectivity index is 2.53. The summed E-state index contributed by atoms with van der Waals surface area (Å²) < 4.78 is 16.1. The summed E-state index contributed by atoms with van der Waals surface area (Å²) in [6, 6.07) is 3.71. The number of rotatable bonds is 5. The molecule has 0 bridgehead atoms. The zero-order valence-electron chi connectivity index (χ0n) is 14.3. The molecule has 0 heterocycles. The van der Waals surface area contributed by atoms with Crippen molar-refractivity contribution in [3.63, 3.8) is 0 Å². The van der Waals surface area contributed by atoms with Gasteiger partial charge in [-0.1, -0.05) is 11.1 Å². The standard InChI is InChI=1S/C18H24O5/c1-10-6-13(14(18(19)20)7-11(10)2)12-8-15(21-3)17(23-5)16(9-12)22-4/h8-9,13-14H,6-7H2,1-5H3,(H,19,20)/t13-,14+/m0/s1. The van der Waals surface area contributed by atoms with Gasteiger partial charge in [0.15, 0.2) is 11.5 Å². The molecule has 2 atom stereocenters. The van der Waals surface area contributed by atoms with Crippen LogP contribution in [0.15, 0.2) is 23.3 Å². The molecule has 126 valence electrons. The van der Waals surface area contributed by atoms with Crippen molar-refractivity contribution in [3.8, 4) is 17.2 Å². The van der Waals surface area contributed by atoms with Crippen LogP contribution in [-0.4, -0.2) is 32.4 Å². The Bertz CT molecular complexity index is 607. The average molecular weight is 320 g/mol. The quantitative estimate of drug-likeness (QED) is 0.839. The van der Waals surface area contributed by atoms with Crippen LogP contribution in [0.25, 0.3) is 0 Å². The molecule has 0 amide bonds. The minimum absolute atomic E-state index is 0.107. The Kier molecular flexibility index (Phi) is 5.19. The molecule has 0 saturated carbocycles. The van der Waals surface area contributed by atoms with Gasteiger partial charge in [-0.05, 0) is 44.4 Å². The molecule has 5 heteroatoms. The molecule has 0 radical (unpaired) electrons. The van der Waals surface area contributed by atoms with E-state index in [1.165, 1.54) is 11.1 Å². The summed E-state index contributed by atoms with van der Waals surface area (Å²) in [4.78, 5) is 11.7. The molecular weight excluding hydrogens is 296 g/mol. The molecule has 1 aromatic rings. The Labute approximate surface area is 136 Å². The smallest absolute Gasteiger partial charge is 0.307 e. The summed E-state index contributed by atoms with van der Waals surface area (Å²) in [6.07, 6.45) is 1.30. The SMILES string of the molecule is COc1cc([C@@H]2CC(C)=C(C)C[C@H]2C(=O)O)cc(OC)c1OC. The van der Waals surface area contributed by atoms with Gasteiger partial charge < -0.3 is 19.3 Å². The van der Waals surface area contributed by atoms with Gasteiger partial charge >= 0.3 is 5.97 Å². The van der Waals surface area contributed by atoms with Crippen LogP contribution in [0.1, 0.15) is 38.2 Å². The zero-order chi connectivity index (χ0) is 17.1. The molecule has 1 aliphatic rings. The average Bonchev–Trinajstić information content (AvgIpc) is 2.55. The van der Waals surface area contributed by atoms with E-state index in [1.54, 1.807) is 21.3 Å². The molecule has 0 spiro atoms. The van der Waals surface area contributed by atoms with Gasteiger partial charge in [0.05, 0.1) is 27.2 Å². The number of ether oxygens (including phenoxy) is 3. The van der Waals surface area contributed by atoms with Crippen LogP contribution in [0, 0.1) is 5.92 Å². The third-order valence-electron chi connectivity index (χ3n) is 4.70. The van der Waals surface area contributed by atoms with Gasteiger partial charge in [0, 0.05) is 5.92 Å². The second-order valence-electron chi connectivity index (χ2n) is 5.98. The molecule has 0 unspecified atom stereocenters. The minimum atomic E-state index is -0.768. The molecule has 1 aliphatic carbocycles. The van der Waals surface area contributed by atoms with Crippen molar-refractivity contribution in [2.75, 3.05) is 21.3 Å². The first-order valence-electron chi connectivity index (χ1n) is 7.60. The zero-order valence-corrected chi connectivity index (χ0v) is 14.3. The summed E-state index contributed by atoms with van der Waals surface area (Å²) >= 11 is 0. The van der Waals surface area contributed by atoms with Gasteiger partial charge in [0.25, 0.3) is 0 Å². The van der Waals surface area contributed by atoms with Gasteiger partial charge in [-0.3, -0.25) is 4.79 Å². The van der Waals surface area contributed by atoms with Crippen LogP contribution in [0.3, 0.4) is 0 Å². The molecule has 0 saturated heterocycles. The molecule has 5 nitrogen and oxygen atoms in total. The number of benzene rings is 1.